The summed E-state index contributed by atoms with van der Waals surface area (Å²) >= 11 is 1.64. The molecule has 3 aromatic rings. The van der Waals surface area contributed by atoms with Gasteiger partial charge in [-0.2, -0.15) is 20.5 Å². The number of halogens is 2. The van der Waals surface area contributed by atoms with Gasteiger partial charge in [-0.1, -0.05) is 24.3 Å². The average Bonchev–Trinajstić information content (AvgIpc) is 2.99. The Morgan fingerprint density at radius 2 is 2.04 bits per heavy atom. The molecule has 5 nitrogen and oxygen atoms in total. The second-order valence-electron chi connectivity index (χ2n) is 6.28. The number of nitrogens with zero attached hydrogens (tertiary/aromatic N) is 2. The zero-order valence-corrected chi connectivity index (χ0v) is 16.4. The molecule has 0 aliphatic carbocycles. The third kappa shape index (κ3) is 4.81. The fourth-order valence-electron chi connectivity index (χ4n) is 3.02. The molecule has 1 aromatic heterocycles. The van der Waals surface area contributed by atoms with Gasteiger partial charge in [-0.15, -0.1) is 0 Å². The van der Waals surface area contributed by atoms with Crippen molar-refractivity contribution in [1.29, 1.82) is 0 Å². The summed E-state index contributed by atoms with van der Waals surface area (Å²) in [6, 6.07) is 13.7. The Morgan fingerprint density at radius 1 is 1.25 bits per heavy atom. The van der Waals surface area contributed by atoms with Gasteiger partial charge in [0.15, 0.2) is 0 Å². The number of rotatable bonds is 8. The van der Waals surface area contributed by atoms with Gasteiger partial charge in [-0.3, -0.25) is 4.79 Å². The number of aromatic nitrogens is 2. The fourth-order valence-corrected chi connectivity index (χ4v) is 3.49. The molecule has 3 rings (SSSR count). The van der Waals surface area contributed by atoms with Crippen LogP contribution in [0.1, 0.15) is 24.4 Å². The van der Waals surface area contributed by atoms with E-state index in [0.717, 1.165) is 16.9 Å². The number of para-hydroxylation sites is 2. The predicted octanol–water partition coefficient (Wildman–Crippen LogP) is 4.38. The molecule has 0 saturated heterocycles. The van der Waals surface area contributed by atoms with Crippen molar-refractivity contribution in [3.63, 3.8) is 0 Å². The lowest BCUT2D eigenvalue weighted by molar-refractivity contribution is -0.122. The minimum Gasteiger partial charge on any atom is -0.435 e. The molecule has 0 aliphatic rings. The smallest absolute Gasteiger partial charge is 0.387 e. The van der Waals surface area contributed by atoms with Crippen molar-refractivity contribution in [3.8, 4) is 5.75 Å². The van der Waals surface area contributed by atoms with Crippen LogP contribution in [0, 0.1) is 0 Å². The fraction of sp³-hybridized carbons (Fsp3) is 0.300. The van der Waals surface area contributed by atoms with E-state index in [4.69, 9.17) is 0 Å². The molecule has 0 aliphatic heterocycles. The largest absolute Gasteiger partial charge is 0.435 e. The lowest BCUT2D eigenvalue weighted by atomic mass is 10.1. The summed E-state index contributed by atoms with van der Waals surface area (Å²) in [6.45, 7) is -0.952. The van der Waals surface area contributed by atoms with E-state index < -0.39 is 6.61 Å². The van der Waals surface area contributed by atoms with E-state index in [1.165, 1.54) is 12.1 Å². The number of hydrogen-bond acceptors (Lipinski definition) is 4. The van der Waals surface area contributed by atoms with Crippen molar-refractivity contribution in [2.45, 2.75) is 31.9 Å². The van der Waals surface area contributed by atoms with Crippen LogP contribution >= 0.6 is 11.8 Å². The van der Waals surface area contributed by atoms with Gasteiger partial charge in [0, 0.05) is 0 Å². The van der Waals surface area contributed by atoms with Gasteiger partial charge in [0.05, 0.1) is 22.8 Å². The molecule has 148 valence electrons. The van der Waals surface area contributed by atoms with Crippen LogP contribution < -0.4 is 10.1 Å². The highest BCUT2D eigenvalue weighted by atomic mass is 32.2. The first-order chi connectivity index (χ1) is 13.5. The normalized spacial score (nSPS) is 12.3. The highest BCUT2D eigenvalue weighted by molar-refractivity contribution is 7.97. The molecule has 1 heterocycles. The molecule has 0 bridgehead atoms. The first kappa shape index (κ1) is 20.1. The van der Waals surface area contributed by atoms with Gasteiger partial charge < -0.3 is 14.6 Å². The minimum absolute atomic E-state index is 0.0662. The number of alkyl halides is 2. The van der Waals surface area contributed by atoms with Crippen molar-refractivity contribution in [2.24, 2.45) is 0 Å². The monoisotopic (exact) mass is 405 g/mol. The van der Waals surface area contributed by atoms with Crippen molar-refractivity contribution >= 4 is 28.7 Å². The van der Waals surface area contributed by atoms with E-state index in [2.05, 4.69) is 15.0 Å². The number of imidazole rings is 1. The Kier molecular flexibility index (Phi) is 6.51. The molecular formula is C20H21F2N3O2S. The minimum atomic E-state index is -2.88. The van der Waals surface area contributed by atoms with Gasteiger partial charge >= 0.3 is 6.61 Å². The molecule has 0 fully saturated rings. The highest BCUT2D eigenvalue weighted by Crippen LogP contribution is 2.22. The Morgan fingerprint density at radius 3 is 2.79 bits per heavy atom. The van der Waals surface area contributed by atoms with E-state index in [9.17, 15) is 13.6 Å². The summed E-state index contributed by atoms with van der Waals surface area (Å²) in [5.74, 6) is 1.42. The van der Waals surface area contributed by atoms with Gasteiger partial charge in [0.25, 0.3) is 0 Å². The summed E-state index contributed by atoms with van der Waals surface area (Å²) in [7, 11) is 0. The van der Waals surface area contributed by atoms with Crippen LogP contribution in [-0.2, 0) is 17.1 Å². The van der Waals surface area contributed by atoms with Crippen LogP contribution in [0.25, 0.3) is 11.0 Å². The van der Waals surface area contributed by atoms with Crippen LogP contribution in [0.3, 0.4) is 0 Å². The van der Waals surface area contributed by atoms with E-state index in [1.807, 2.05) is 35.1 Å². The summed E-state index contributed by atoms with van der Waals surface area (Å²) in [5.41, 5.74) is 2.44. The van der Waals surface area contributed by atoms with Crippen LogP contribution in [0.5, 0.6) is 5.75 Å². The van der Waals surface area contributed by atoms with Crippen molar-refractivity contribution in [2.75, 3.05) is 6.26 Å². The second-order valence-corrected chi connectivity index (χ2v) is 7.14. The van der Waals surface area contributed by atoms with E-state index in [0.29, 0.717) is 11.3 Å². The Labute approximate surface area is 166 Å². The maximum atomic E-state index is 12.6. The van der Waals surface area contributed by atoms with Crippen molar-refractivity contribution in [1.82, 2.24) is 14.9 Å². The first-order valence-electron chi connectivity index (χ1n) is 8.75. The van der Waals surface area contributed by atoms with Crippen molar-refractivity contribution < 1.29 is 18.3 Å². The number of amides is 1. The van der Waals surface area contributed by atoms with Crippen LogP contribution in [0.2, 0.25) is 0 Å². The quantitative estimate of drug-likeness (QED) is 0.604. The van der Waals surface area contributed by atoms with E-state index >= 15 is 0 Å². The number of carbonyl (C=O) groups is 1. The zero-order chi connectivity index (χ0) is 20.1. The molecule has 1 N–H and O–H groups in total. The van der Waals surface area contributed by atoms with Gasteiger partial charge in [-0.05, 0) is 43.0 Å². The summed E-state index contributed by atoms with van der Waals surface area (Å²) in [4.78, 5) is 17.2. The number of hydrogen-bond donors (Lipinski definition) is 1. The number of ether oxygens (including phenoxy) is 1. The van der Waals surface area contributed by atoms with Gasteiger partial charge in [-0.25, -0.2) is 4.98 Å². The molecule has 2 aromatic carbocycles. The molecule has 1 amide bonds. The third-order valence-corrected chi connectivity index (χ3v) is 4.82. The summed E-state index contributed by atoms with van der Waals surface area (Å²) in [5, 5.41) is 2.91. The van der Waals surface area contributed by atoms with E-state index in [-0.39, 0.29) is 24.2 Å². The van der Waals surface area contributed by atoms with Crippen LogP contribution in [0.15, 0.2) is 48.5 Å². The Hall–Kier alpha value is -2.61. The summed E-state index contributed by atoms with van der Waals surface area (Å²) in [6.07, 6.45) is 1.99. The Balaban J connectivity index is 1.74. The number of nitrogens with one attached hydrogen (secondary N) is 1. The number of carbonyl (C=O) groups excluding carboxylic acids is 1. The lowest BCUT2D eigenvalue weighted by Crippen LogP contribution is -2.30. The third-order valence-electron chi connectivity index (χ3n) is 4.27. The average molecular weight is 405 g/mol. The molecule has 8 heteroatoms. The second kappa shape index (κ2) is 9.05. The first-order valence-corrected chi connectivity index (χ1v) is 10.1. The molecule has 0 radical (unpaired) electrons. The highest BCUT2D eigenvalue weighted by Gasteiger charge is 2.16. The standard InChI is InChI=1S/C20H21F2N3O2S/c1-13(14-6-5-7-15(10-14)27-20(21)22)23-19(26)11-25-17-9-4-3-8-16(17)24-18(25)12-28-2/h3-10,13,20H,11-12H2,1-2H3,(H,23,26). The topological polar surface area (TPSA) is 56.2 Å². The van der Waals surface area contributed by atoms with Crippen LogP contribution in [-0.4, -0.2) is 28.3 Å². The van der Waals surface area contributed by atoms with Gasteiger partial charge in [0.1, 0.15) is 18.1 Å². The molecule has 1 unspecified atom stereocenters. The lowest BCUT2D eigenvalue weighted by Gasteiger charge is -2.16. The molecule has 0 spiro atoms. The molecular weight excluding hydrogens is 384 g/mol. The van der Waals surface area contributed by atoms with E-state index in [1.54, 1.807) is 30.8 Å². The predicted molar refractivity (Wildman–Crippen MR) is 107 cm³/mol. The maximum Gasteiger partial charge on any atom is 0.387 e. The Bertz CT molecular complexity index is 962. The van der Waals surface area contributed by atoms with Crippen LogP contribution in [0.4, 0.5) is 8.78 Å². The summed E-state index contributed by atoms with van der Waals surface area (Å²) < 4.78 is 31.1. The zero-order valence-electron chi connectivity index (χ0n) is 15.6. The SMILES string of the molecule is CSCc1nc2ccccc2n1CC(=O)NC(C)c1cccc(OC(F)F)c1. The number of fused-ring (bicyclic) bond motifs is 1. The number of thioether (sulfide) groups is 1. The molecule has 1 atom stereocenters. The van der Waals surface area contributed by atoms with Gasteiger partial charge in [0.2, 0.25) is 5.91 Å². The molecule has 28 heavy (non-hydrogen) atoms. The number of benzene rings is 2. The molecule has 0 saturated carbocycles. The van der Waals surface area contributed by atoms with Crippen molar-refractivity contribution in [3.05, 3.63) is 59.9 Å². The maximum absolute atomic E-state index is 12.6.